The van der Waals surface area contributed by atoms with Gasteiger partial charge in [-0.25, -0.2) is 0 Å². The highest BCUT2D eigenvalue weighted by Crippen LogP contribution is 2.40. The van der Waals surface area contributed by atoms with Gasteiger partial charge in [-0.05, 0) is 44.4 Å². The molecule has 0 radical (unpaired) electrons. The van der Waals surface area contributed by atoms with Crippen molar-refractivity contribution in [2.45, 2.75) is 64.7 Å². The van der Waals surface area contributed by atoms with Crippen molar-refractivity contribution in [1.29, 1.82) is 0 Å². The van der Waals surface area contributed by atoms with Crippen molar-refractivity contribution in [2.24, 2.45) is 16.3 Å². The van der Waals surface area contributed by atoms with Gasteiger partial charge in [0.15, 0.2) is 5.96 Å². The van der Waals surface area contributed by atoms with Crippen LogP contribution in [-0.2, 0) is 9.53 Å². The summed E-state index contributed by atoms with van der Waals surface area (Å²) in [4.78, 5) is 21.6. The highest BCUT2D eigenvalue weighted by molar-refractivity contribution is 14.0. The van der Waals surface area contributed by atoms with Crippen LogP contribution >= 0.6 is 24.0 Å². The second-order valence-electron chi connectivity index (χ2n) is 9.65. The Balaban J connectivity index is 0.00000363. The van der Waals surface area contributed by atoms with Crippen LogP contribution in [0.15, 0.2) is 4.99 Å². The SMILES string of the molecule is CCOCCC1(CNC(=NC)NCCN2CCN(C(=O)C3CCCC3)CC2)CCCC1.I. The monoisotopic (exact) mass is 563 g/mol. The molecule has 1 saturated heterocycles. The molecule has 0 spiro atoms. The molecule has 0 aromatic carbocycles. The third kappa shape index (κ3) is 8.31. The van der Waals surface area contributed by atoms with E-state index in [9.17, 15) is 4.79 Å². The average Bonchev–Trinajstić information content (AvgIpc) is 3.49. The summed E-state index contributed by atoms with van der Waals surface area (Å²) >= 11 is 0. The van der Waals surface area contributed by atoms with Gasteiger partial charge >= 0.3 is 0 Å². The third-order valence-corrected chi connectivity index (χ3v) is 7.61. The van der Waals surface area contributed by atoms with Gasteiger partial charge in [0.05, 0.1) is 0 Å². The van der Waals surface area contributed by atoms with Gasteiger partial charge < -0.3 is 20.3 Å². The van der Waals surface area contributed by atoms with Crippen molar-refractivity contribution in [3.63, 3.8) is 0 Å². The van der Waals surface area contributed by atoms with E-state index in [1.54, 1.807) is 0 Å². The molecule has 2 N–H and O–H groups in total. The molecule has 8 heteroatoms. The van der Waals surface area contributed by atoms with Crippen LogP contribution in [-0.4, -0.2) is 87.7 Å². The van der Waals surface area contributed by atoms with Gasteiger partial charge in [-0.1, -0.05) is 25.7 Å². The summed E-state index contributed by atoms with van der Waals surface area (Å²) in [5.41, 5.74) is 0.356. The molecule has 186 valence electrons. The molecular weight excluding hydrogens is 517 g/mol. The second kappa shape index (κ2) is 14.6. The van der Waals surface area contributed by atoms with Gasteiger partial charge in [-0.3, -0.25) is 14.7 Å². The Bertz CT molecular complexity index is 569. The summed E-state index contributed by atoms with van der Waals surface area (Å²) in [6, 6.07) is 0. The number of hydrogen-bond acceptors (Lipinski definition) is 4. The first-order chi connectivity index (χ1) is 15.2. The number of hydrogen-bond donors (Lipinski definition) is 2. The van der Waals surface area contributed by atoms with Crippen LogP contribution in [0, 0.1) is 11.3 Å². The minimum atomic E-state index is 0. The third-order valence-electron chi connectivity index (χ3n) is 7.61. The lowest BCUT2D eigenvalue weighted by Crippen LogP contribution is -2.52. The van der Waals surface area contributed by atoms with Gasteiger partial charge in [0.1, 0.15) is 0 Å². The molecule has 2 saturated carbocycles. The maximum absolute atomic E-state index is 12.6. The van der Waals surface area contributed by atoms with Gasteiger partial charge in [0.25, 0.3) is 0 Å². The second-order valence-corrected chi connectivity index (χ2v) is 9.65. The first-order valence-electron chi connectivity index (χ1n) is 12.7. The van der Waals surface area contributed by atoms with Gasteiger partial charge in [0, 0.05) is 72.0 Å². The molecule has 0 bridgehead atoms. The van der Waals surface area contributed by atoms with E-state index in [1.165, 1.54) is 38.5 Å². The standard InChI is InChI=1S/C24H45N5O2.HI/c1-3-31-19-12-24(10-6-7-11-24)20-27-23(25-2)26-13-14-28-15-17-29(18-16-28)22(30)21-8-4-5-9-21;/h21H,3-20H2,1-2H3,(H2,25,26,27);1H. The quantitative estimate of drug-likeness (QED) is 0.185. The molecule has 3 rings (SSSR count). The molecule has 0 atom stereocenters. The lowest BCUT2D eigenvalue weighted by atomic mass is 9.83. The number of ether oxygens (including phenoxy) is 1. The molecule has 1 heterocycles. The Morgan fingerprint density at radius 1 is 1.06 bits per heavy atom. The summed E-state index contributed by atoms with van der Waals surface area (Å²) in [5, 5.41) is 7.07. The minimum Gasteiger partial charge on any atom is -0.382 e. The first kappa shape index (κ1) is 27.6. The fourth-order valence-electron chi connectivity index (χ4n) is 5.52. The number of carbonyl (C=O) groups excluding carboxylic acids is 1. The number of rotatable bonds is 10. The molecule has 32 heavy (non-hydrogen) atoms. The number of piperazine rings is 1. The molecule has 0 aromatic heterocycles. The highest BCUT2D eigenvalue weighted by Gasteiger charge is 2.33. The Hall–Kier alpha value is -0.610. The summed E-state index contributed by atoms with van der Waals surface area (Å²) < 4.78 is 5.63. The Labute approximate surface area is 212 Å². The zero-order valence-electron chi connectivity index (χ0n) is 20.4. The summed E-state index contributed by atoms with van der Waals surface area (Å²) in [6.07, 6.45) is 11.0. The van der Waals surface area contributed by atoms with E-state index in [0.29, 0.717) is 17.2 Å². The predicted molar refractivity (Wildman–Crippen MR) is 142 cm³/mol. The van der Waals surface area contributed by atoms with Crippen LogP contribution in [0.25, 0.3) is 0 Å². The number of aliphatic imine (C=N–C) groups is 1. The zero-order valence-corrected chi connectivity index (χ0v) is 22.7. The number of guanidine groups is 1. The summed E-state index contributed by atoms with van der Waals surface area (Å²) in [5.74, 6) is 1.61. The number of nitrogens with zero attached hydrogens (tertiary/aromatic N) is 3. The Kier molecular flexibility index (Phi) is 12.6. The maximum atomic E-state index is 12.6. The largest absolute Gasteiger partial charge is 0.382 e. The van der Waals surface area contributed by atoms with Crippen molar-refractivity contribution < 1.29 is 9.53 Å². The van der Waals surface area contributed by atoms with E-state index >= 15 is 0 Å². The highest BCUT2D eigenvalue weighted by atomic mass is 127. The number of carbonyl (C=O) groups is 1. The van der Waals surface area contributed by atoms with Crippen LogP contribution in [0.4, 0.5) is 0 Å². The molecule has 7 nitrogen and oxygen atoms in total. The zero-order chi connectivity index (χ0) is 21.9. The molecule has 0 aromatic rings. The Morgan fingerprint density at radius 2 is 1.75 bits per heavy atom. The van der Waals surface area contributed by atoms with E-state index in [2.05, 4.69) is 32.3 Å². The lowest BCUT2D eigenvalue weighted by Gasteiger charge is -2.36. The summed E-state index contributed by atoms with van der Waals surface area (Å²) in [6.45, 7) is 10.3. The van der Waals surface area contributed by atoms with E-state index < -0.39 is 0 Å². The Morgan fingerprint density at radius 3 is 2.38 bits per heavy atom. The molecule has 3 aliphatic rings. The maximum Gasteiger partial charge on any atom is 0.225 e. The van der Waals surface area contributed by atoms with E-state index in [0.717, 1.165) is 84.2 Å². The van der Waals surface area contributed by atoms with Crippen molar-refractivity contribution >= 4 is 35.8 Å². The lowest BCUT2D eigenvalue weighted by molar-refractivity contribution is -0.137. The normalized spacial score (nSPS) is 22.1. The minimum absolute atomic E-state index is 0. The number of amides is 1. The molecule has 0 unspecified atom stereocenters. The molecule has 3 fully saturated rings. The van der Waals surface area contributed by atoms with Gasteiger partial charge in [-0.15, -0.1) is 24.0 Å². The van der Waals surface area contributed by atoms with Crippen LogP contribution in [0.1, 0.15) is 64.7 Å². The predicted octanol–water partition coefficient (Wildman–Crippen LogP) is 3.09. The summed E-state index contributed by atoms with van der Waals surface area (Å²) in [7, 11) is 1.85. The molecule has 1 amide bonds. The fraction of sp³-hybridized carbons (Fsp3) is 0.917. The average molecular weight is 564 g/mol. The van der Waals surface area contributed by atoms with Crippen molar-refractivity contribution in [3.8, 4) is 0 Å². The number of halogens is 1. The van der Waals surface area contributed by atoms with E-state index in [4.69, 9.17) is 4.74 Å². The van der Waals surface area contributed by atoms with Crippen molar-refractivity contribution in [2.75, 3.05) is 66.1 Å². The molecule has 1 aliphatic heterocycles. The van der Waals surface area contributed by atoms with Gasteiger partial charge in [0.2, 0.25) is 5.91 Å². The number of nitrogens with one attached hydrogen (secondary N) is 2. The van der Waals surface area contributed by atoms with E-state index in [-0.39, 0.29) is 24.0 Å². The van der Waals surface area contributed by atoms with Crippen LogP contribution in [0.3, 0.4) is 0 Å². The topological polar surface area (TPSA) is 69.2 Å². The van der Waals surface area contributed by atoms with Crippen LogP contribution < -0.4 is 10.6 Å². The van der Waals surface area contributed by atoms with Crippen molar-refractivity contribution in [3.05, 3.63) is 0 Å². The molecule has 2 aliphatic carbocycles. The smallest absolute Gasteiger partial charge is 0.225 e. The fourth-order valence-corrected chi connectivity index (χ4v) is 5.52. The molecular formula is C24H46IN5O2. The van der Waals surface area contributed by atoms with Crippen LogP contribution in [0.5, 0.6) is 0 Å². The first-order valence-corrected chi connectivity index (χ1v) is 12.7. The van der Waals surface area contributed by atoms with Crippen LogP contribution in [0.2, 0.25) is 0 Å². The van der Waals surface area contributed by atoms with Gasteiger partial charge in [-0.2, -0.15) is 0 Å². The van der Waals surface area contributed by atoms with E-state index in [1.807, 2.05) is 7.05 Å². The van der Waals surface area contributed by atoms with Crippen molar-refractivity contribution in [1.82, 2.24) is 20.4 Å².